The molecule has 0 N–H and O–H groups in total. The van der Waals surface area contributed by atoms with Crippen LogP contribution in [0.1, 0.15) is 41.9 Å². The Morgan fingerprint density at radius 1 is 1.30 bits per heavy atom. The minimum absolute atomic E-state index is 0.112. The van der Waals surface area contributed by atoms with Crippen molar-refractivity contribution < 1.29 is 14.3 Å². The van der Waals surface area contributed by atoms with Crippen molar-refractivity contribution in [3.05, 3.63) is 52.8 Å². The van der Waals surface area contributed by atoms with E-state index in [9.17, 15) is 4.79 Å². The minimum atomic E-state index is -0.435. The molecule has 1 aliphatic rings. The zero-order chi connectivity index (χ0) is 16.4. The van der Waals surface area contributed by atoms with Crippen LogP contribution in [0.15, 0.2) is 36.5 Å². The van der Waals surface area contributed by atoms with E-state index in [1.807, 2.05) is 37.3 Å². The summed E-state index contributed by atoms with van der Waals surface area (Å²) in [6, 6.07) is 9.72. The summed E-state index contributed by atoms with van der Waals surface area (Å²) in [7, 11) is 1.66. The maximum Gasteiger partial charge on any atom is 0.358 e. The van der Waals surface area contributed by atoms with Crippen molar-refractivity contribution in [2.75, 3.05) is 7.11 Å². The number of esters is 1. The van der Waals surface area contributed by atoms with Gasteiger partial charge in [0, 0.05) is 20.0 Å². The Balaban J connectivity index is 1.77. The Morgan fingerprint density at radius 2 is 2.00 bits per heavy atom. The third-order valence-electron chi connectivity index (χ3n) is 4.25. The summed E-state index contributed by atoms with van der Waals surface area (Å²) in [5.41, 5.74) is 1.34. The molecule has 0 radical (unpaired) electrons. The molecule has 0 saturated heterocycles. The fourth-order valence-corrected chi connectivity index (χ4v) is 2.92. The molecule has 1 aromatic heterocycles. The number of aromatic nitrogens is 2. The number of ether oxygens (including phenoxy) is 2. The lowest BCUT2D eigenvalue weighted by Gasteiger charge is -2.33. The van der Waals surface area contributed by atoms with Crippen LogP contribution in [0.3, 0.4) is 0 Å². The first-order chi connectivity index (χ1) is 11.1. The van der Waals surface area contributed by atoms with E-state index in [4.69, 9.17) is 21.1 Å². The highest BCUT2D eigenvalue weighted by Crippen LogP contribution is 2.29. The molecule has 122 valence electrons. The summed E-state index contributed by atoms with van der Waals surface area (Å²) >= 11 is 6.16. The van der Waals surface area contributed by atoms with Gasteiger partial charge in [0.2, 0.25) is 0 Å². The van der Waals surface area contributed by atoms with E-state index in [0.29, 0.717) is 10.7 Å². The second kappa shape index (κ2) is 6.72. The van der Waals surface area contributed by atoms with E-state index in [-0.39, 0.29) is 18.2 Å². The molecule has 1 saturated carbocycles. The molecule has 1 fully saturated rings. The molecule has 0 unspecified atom stereocenters. The first-order valence-corrected chi connectivity index (χ1v) is 7.99. The van der Waals surface area contributed by atoms with E-state index >= 15 is 0 Å². The highest BCUT2D eigenvalue weighted by molar-refractivity contribution is 6.33. The van der Waals surface area contributed by atoms with Crippen molar-refractivity contribution in [2.24, 2.45) is 0 Å². The number of benzene rings is 1. The van der Waals surface area contributed by atoms with Gasteiger partial charge in [-0.15, -0.1) is 0 Å². The fourth-order valence-electron chi connectivity index (χ4n) is 2.71. The van der Waals surface area contributed by atoms with Crippen LogP contribution in [0.2, 0.25) is 5.02 Å². The van der Waals surface area contributed by atoms with Crippen LogP contribution < -0.4 is 0 Å². The number of methoxy groups -OCH3 is 1. The standard InChI is InChI=1S/C17H19ClN2O3/c1-11(12-6-4-3-5-7-12)20-16(15(18)10-19-20)17(21)23-14-8-13(9-14)22-2/h3-7,10-11,13-14H,8-9H2,1-2H3/t11-,13-,14+/m1/s1. The Bertz CT molecular complexity index is 680. The summed E-state index contributed by atoms with van der Waals surface area (Å²) in [5, 5.41) is 4.56. The number of halogens is 1. The minimum Gasteiger partial charge on any atom is -0.457 e. The van der Waals surface area contributed by atoms with Crippen LogP contribution in [0.4, 0.5) is 0 Å². The lowest BCUT2D eigenvalue weighted by molar-refractivity contribution is -0.0646. The van der Waals surface area contributed by atoms with Gasteiger partial charge < -0.3 is 9.47 Å². The summed E-state index contributed by atoms with van der Waals surface area (Å²) in [6.07, 6.45) is 3.00. The van der Waals surface area contributed by atoms with Crippen molar-refractivity contribution >= 4 is 17.6 Å². The highest BCUT2D eigenvalue weighted by atomic mass is 35.5. The average Bonchev–Trinajstić information content (AvgIpc) is 2.92. The predicted molar refractivity (Wildman–Crippen MR) is 86.7 cm³/mol. The van der Waals surface area contributed by atoms with Gasteiger partial charge in [0.1, 0.15) is 6.10 Å². The number of carbonyl (C=O) groups is 1. The molecule has 1 atom stereocenters. The summed E-state index contributed by atoms with van der Waals surface area (Å²) in [6.45, 7) is 1.97. The lowest BCUT2D eigenvalue weighted by atomic mass is 9.92. The molecule has 6 heteroatoms. The third-order valence-corrected chi connectivity index (χ3v) is 4.53. The second-order valence-corrected chi connectivity index (χ2v) is 6.14. The molecule has 0 spiro atoms. The largest absolute Gasteiger partial charge is 0.457 e. The van der Waals surface area contributed by atoms with Crippen LogP contribution >= 0.6 is 11.6 Å². The van der Waals surface area contributed by atoms with Gasteiger partial charge in [-0.2, -0.15) is 5.10 Å². The Labute approximate surface area is 140 Å². The van der Waals surface area contributed by atoms with Gasteiger partial charge in [0.25, 0.3) is 0 Å². The van der Waals surface area contributed by atoms with Crippen molar-refractivity contribution in [3.63, 3.8) is 0 Å². The SMILES string of the molecule is CO[C@H]1C[C@@H](OC(=O)c2c(Cl)cnn2[C@H](C)c2ccccc2)C1. The fraction of sp³-hybridized carbons (Fsp3) is 0.412. The molecule has 5 nitrogen and oxygen atoms in total. The van der Waals surface area contributed by atoms with Crippen LogP contribution in [-0.2, 0) is 9.47 Å². The number of carbonyl (C=O) groups excluding carboxylic acids is 1. The van der Waals surface area contributed by atoms with Gasteiger partial charge in [0.15, 0.2) is 5.69 Å². The van der Waals surface area contributed by atoms with Gasteiger partial charge in [-0.3, -0.25) is 0 Å². The maximum absolute atomic E-state index is 12.5. The summed E-state index contributed by atoms with van der Waals surface area (Å²) < 4.78 is 12.3. The van der Waals surface area contributed by atoms with Gasteiger partial charge in [-0.1, -0.05) is 41.9 Å². The van der Waals surface area contributed by atoms with Crippen LogP contribution in [0.25, 0.3) is 0 Å². The van der Waals surface area contributed by atoms with E-state index in [1.54, 1.807) is 11.8 Å². The van der Waals surface area contributed by atoms with Gasteiger partial charge >= 0.3 is 5.97 Å². The van der Waals surface area contributed by atoms with Crippen LogP contribution in [-0.4, -0.2) is 35.1 Å². The van der Waals surface area contributed by atoms with Crippen molar-refractivity contribution in [2.45, 2.75) is 38.0 Å². The third kappa shape index (κ3) is 3.26. The van der Waals surface area contributed by atoms with Gasteiger partial charge in [0.05, 0.1) is 23.4 Å². The molecule has 23 heavy (non-hydrogen) atoms. The molecule has 1 aromatic carbocycles. The van der Waals surface area contributed by atoms with Crippen molar-refractivity contribution in [1.29, 1.82) is 0 Å². The smallest absolute Gasteiger partial charge is 0.358 e. The second-order valence-electron chi connectivity index (χ2n) is 5.73. The highest BCUT2D eigenvalue weighted by Gasteiger charge is 2.34. The zero-order valence-electron chi connectivity index (χ0n) is 13.1. The normalized spacial score (nSPS) is 21.5. The molecule has 3 rings (SSSR count). The van der Waals surface area contributed by atoms with E-state index in [0.717, 1.165) is 18.4 Å². The molecular formula is C17H19ClN2O3. The molecule has 0 bridgehead atoms. The molecule has 2 aromatic rings. The molecular weight excluding hydrogens is 316 g/mol. The lowest BCUT2D eigenvalue weighted by Crippen LogP contribution is -2.38. The Hall–Kier alpha value is -1.85. The van der Waals surface area contributed by atoms with Crippen LogP contribution in [0, 0.1) is 0 Å². The monoisotopic (exact) mass is 334 g/mol. The quantitative estimate of drug-likeness (QED) is 0.785. The van der Waals surface area contributed by atoms with E-state index < -0.39 is 5.97 Å². The number of rotatable bonds is 5. The van der Waals surface area contributed by atoms with E-state index in [2.05, 4.69) is 5.10 Å². The van der Waals surface area contributed by atoms with Gasteiger partial charge in [-0.05, 0) is 12.5 Å². The summed E-state index contributed by atoms with van der Waals surface area (Å²) in [5.74, 6) is -0.435. The van der Waals surface area contributed by atoms with Crippen molar-refractivity contribution in [3.8, 4) is 0 Å². The Morgan fingerprint density at radius 3 is 2.65 bits per heavy atom. The number of hydrogen-bond donors (Lipinski definition) is 0. The number of nitrogens with zero attached hydrogens (tertiary/aromatic N) is 2. The molecule has 1 heterocycles. The van der Waals surface area contributed by atoms with Gasteiger partial charge in [-0.25, -0.2) is 9.48 Å². The van der Waals surface area contributed by atoms with Crippen LogP contribution in [0.5, 0.6) is 0 Å². The maximum atomic E-state index is 12.5. The Kier molecular flexibility index (Phi) is 4.68. The number of hydrogen-bond acceptors (Lipinski definition) is 4. The predicted octanol–water partition coefficient (Wildman–Crippen LogP) is 3.48. The zero-order valence-corrected chi connectivity index (χ0v) is 13.9. The molecule has 1 aliphatic carbocycles. The summed E-state index contributed by atoms with van der Waals surface area (Å²) in [4.78, 5) is 12.5. The first kappa shape index (κ1) is 16.0. The van der Waals surface area contributed by atoms with Crippen molar-refractivity contribution in [1.82, 2.24) is 9.78 Å². The topological polar surface area (TPSA) is 53.4 Å². The average molecular weight is 335 g/mol. The molecule has 0 aliphatic heterocycles. The molecule has 0 amide bonds. The van der Waals surface area contributed by atoms with E-state index in [1.165, 1.54) is 6.20 Å². The first-order valence-electron chi connectivity index (χ1n) is 7.62.